The van der Waals surface area contributed by atoms with Crippen molar-refractivity contribution >= 4 is 33.1 Å². The first-order valence-corrected chi connectivity index (χ1v) is 10.9. The minimum absolute atomic E-state index is 0.153. The molecule has 0 saturated carbocycles. The minimum atomic E-state index is 0.153. The van der Waals surface area contributed by atoms with Gasteiger partial charge in [-0.05, 0) is 47.7 Å². The monoisotopic (exact) mass is 409 g/mol. The van der Waals surface area contributed by atoms with Crippen LogP contribution >= 0.6 is 0 Å². The smallest absolute Gasteiger partial charge is 0.160 e. The summed E-state index contributed by atoms with van der Waals surface area (Å²) in [5, 5.41) is 1.15. The van der Waals surface area contributed by atoms with E-state index in [4.69, 9.17) is 14.7 Å². The van der Waals surface area contributed by atoms with Crippen LogP contribution < -0.4 is 4.74 Å². The van der Waals surface area contributed by atoms with Crippen LogP contribution in [0.1, 0.15) is 32.8 Å². The second-order valence-electron chi connectivity index (χ2n) is 9.03. The fourth-order valence-corrected chi connectivity index (χ4v) is 4.07. The molecule has 0 aliphatic heterocycles. The molecular weight excluding hydrogens is 382 g/mol. The molecule has 2 heterocycles. The molecule has 0 radical (unpaired) electrons. The van der Waals surface area contributed by atoms with E-state index in [1.54, 1.807) is 0 Å². The van der Waals surface area contributed by atoms with Crippen molar-refractivity contribution in [3.05, 3.63) is 78.4 Å². The average molecular weight is 410 g/mol. The molecule has 2 aromatic heterocycles. The Bertz CT molecular complexity index is 1360. The lowest BCUT2D eigenvalue weighted by atomic mass is 9.87. The average Bonchev–Trinajstić information content (AvgIpc) is 3.08. The van der Waals surface area contributed by atoms with Gasteiger partial charge in [-0.25, -0.2) is 9.97 Å². The Balaban J connectivity index is 1.38. The summed E-state index contributed by atoms with van der Waals surface area (Å²) in [5.41, 5.74) is 6.40. The number of aryl methyl sites for hydroxylation is 1. The third-order valence-electron chi connectivity index (χ3n) is 5.77. The van der Waals surface area contributed by atoms with Crippen LogP contribution in [0.2, 0.25) is 0 Å². The van der Waals surface area contributed by atoms with Crippen molar-refractivity contribution in [2.75, 3.05) is 6.61 Å². The number of benzene rings is 3. The molecule has 0 atom stereocenters. The zero-order chi connectivity index (χ0) is 21.4. The summed E-state index contributed by atoms with van der Waals surface area (Å²) in [6.45, 7) is 8.16. The van der Waals surface area contributed by atoms with Gasteiger partial charge in [-0.2, -0.15) is 0 Å². The number of ether oxygens (including phenoxy) is 1. The van der Waals surface area contributed by atoms with Crippen LogP contribution in [0, 0.1) is 0 Å². The van der Waals surface area contributed by atoms with Gasteiger partial charge in [-0.15, -0.1) is 0 Å². The summed E-state index contributed by atoms with van der Waals surface area (Å²) in [4.78, 5) is 9.86. The summed E-state index contributed by atoms with van der Waals surface area (Å²) in [6.07, 6.45) is 0.892. The Labute approximate surface area is 182 Å². The SMILES string of the molecule is CC(C)(C)c1ccc(OCCCn2c3ccccc3c3nc4ccccc4nc32)cc1. The van der Waals surface area contributed by atoms with Crippen LogP contribution in [0.3, 0.4) is 0 Å². The minimum Gasteiger partial charge on any atom is -0.494 e. The second kappa shape index (κ2) is 7.69. The lowest BCUT2D eigenvalue weighted by Crippen LogP contribution is -2.10. The molecule has 0 spiro atoms. The Morgan fingerprint density at radius 2 is 1.48 bits per heavy atom. The van der Waals surface area contributed by atoms with Crippen molar-refractivity contribution < 1.29 is 4.74 Å². The molecule has 5 aromatic rings. The topological polar surface area (TPSA) is 39.9 Å². The van der Waals surface area contributed by atoms with Gasteiger partial charge in [0.15, 0.2) is 5.65 Å². The fourth-order valence-electron chi connectivity index (χ4n) is 4.07. The molecule has 5 rings (SSSR count). The van der Waals surface area contributed by atoms with Crippen molar-refractivity contribution in [1.82, 2.24) is 14.5 Å². The number of hydrogen-bond acceptors (Lipinski definition) is 3. The number of fused-ring (bicyclic) bond motifs is 4. The van der Waals surface area contributed by atoms with Crippen molar-refractivity contribution in [3.63, 3.8) is 0 Å². The van der Waals surface area contributed by atoms with Crippen LogP contribution in [-0.2, 0) is 12.0 Å². The Kier molecular flexibility index (Phi) is 4.85. The number of para-hydroxylation sites is 3. The molecule has 31 heavy (non-hydrogen) atoms. The van der Waals surface area contributed by atoms with Gasteiger partial charge in [0.2, 0.25) is 0 Å². The largest absolute Gasteiger partial charge is 0.494 e. The summed E-state index contributed by atoms with van der Waals surface area (Å²) in [6, 6.07) is 24.9. The van der Waals surface area contributed by atoms with Gasteiger partial charge in [0.25, 0.3) is 0 Å². The van der Waals surface area contributed by atoms with E-state index in [0.717, 1.165) is 46.3 Å². The zero-order valence-corrected chi connectivity index (χ0v) is 18.3. The van der Waals surface area contributed by atoms with Crippen LogP contribution in [0.4, 0.5) is 0 Å². The molecule has 0 bridgehead atoms. The van der Waals surface area contributed by atoms with E-state index in [9.17, 15) is 0 Å². The maximum absolute atomic E-state index is 6.02. The molecule has 0 aliphatic carbocycles. The molecule has 156 valence electrons. The van der Waals surface area contributed by atoms with E-state index in [-0.39, 0.29) is 5.41 Å². The van der Waals surface area contributed by atoms with E-state index in [1.807, 2.05) is 24.3 Å². The van der Waals surface area contributed by atoms with Gasteiger partial charge in [0, 0.05) is 11.9 Å². The van der Waals surface area contributed by atoms with E-state index in [2.05, 4.69) is 73.9 Å². The van der Waals surface area contributed by atoms with E-state index >= 15 is 0 Å². The van der Waals surface area contributed by atoms with E-state index in [1.165, 1.54) is 11.1 Å². The summed E-state index contributed by atoms with van der Waals surface area (Å²) in [5.74, 6) is 0.918. The Morgan fingerprint density at radius 3 is 2.23 bits per heavy atom. The van der Waals surface area contributed by atoms with Crippen LogP contribution in [0.25, 0.3) is 33.1 Å². The van der Waals surface area contributed by atoms with Gasteiger partial charge in [0.05, 0.1) is 23.2 Å². The molecule has 3 aromatic carbocycles. The lowest BCUT2D eigenvalue weighted by Gasteiger charge is -2.19. The number of hydrogen-bond donors (Lipinski definition) is 0. The fraction of sp³-hybridized carbons (Fsp3) is 0.259. The highest BCUT2D eigenvalue weighted by Crippen LogP contribution is 2.28. The van der Waals surface area contributed by atoms with Crippen molar-refractivity contribution in [3.8, 4) is 5.75 Å². The quantitative estimate of drug-likeness (QED) is 0.311. The standard InChI is InChI=1S/C27H27N3O/c1-27(2,3)19-13-15-20(16-14-19)31-18-8-17-30-24-12-7-4-9-21(24)25-26(30)29-23-11-6-5-10-22(23)28-25/h4-7,9-16H,8,17-18H2,1-3H3. The lowest BCUT2D eigenvalue weighted by molar-refractivity contribution is 0.303. The van der Waals surface area contributed by atoms with Crippen molar-refractivity contribution in [2.45, 2.75) is 39.2 Å². The predicted molar refractivity (Wildman–Crippen MR) is 128 cm³/mol. The highest BCUT2D eigenvalue weighted by Gasteiger charge is 2.15. The molecule has 0 saturated heterocycles. The van der Waals surface area contributed by atoms with Crippen molar-refractivity contribution in [2.24, 2.45) is 0 Å². The molecule has 0 amide bonds. The van der Waals surface area contributed by atoms with Gasteiger partial charge < -0.3 is 9.30 Å². The van der Waals surface area contributed by atoms with Crippen LogP contribution in [0.15, 0.2) is 72.8 Å². The highest BCUT2D eigenvalue weighted by atomic mass is 16.5. The molecular formula is C27H27N3O. The number of aromatic nitrogens is 3. The predicted octanol–water partition coefficient (Wildman–Crippen LogP) is 6.50. The van der Waals surface area contributed by atoms with E-state index < -0.39 is 0 Å². The van der Waals surface area contributed by atoms with Crippen LogP contribution in [0.5, 0.6) is 5.75 Å². The normalized spacial score (nSPS) is 12.1. The Hall–Kier alpha value is -3.40. The summed E-state index contributed by atoms with van der Waals surface area (Å²) in [7, 11) is 0. The maximum atomic E-state index is 6.02. The molecule has 4 heteroatoms. The molecule has 0 N–H and O–H groups in total. The van der Waals surface area contributed by atoms with E-state index in [0.29, 0.717) is 6.61 Å². The van der Waals surface area contributed by atoms with Gasteiger partial charge in [-0.3, -0.25) is 0 Å². The number of nitrogens with zero attached hydrogens (tertiary/aromatic N) is 3. The van der Waals surface area contributed by atoms with Gasteiger partial charge in [0.1, 0.15) is 11.3 Å². The van der Waals surface area contributed by atoms with Crippen LogP contribution in [-0.4, -0.2) is 21.1 Å². The Morgan fingerprint density at radius 1 is 0.806 bits per heavy atom. The molecule has 0 aliphatic rings. The first-order chi connectivity index (χ1) is 15.0. The first kappa shape index (κ1) is 19.6. The van der Waals surface area contributed by atoms with Gasteiger partial charge in [-0.1, -0.05) is 63.2 Å². The zero-order valence-electron chi connectivity index (χ0n) is 18.3. The summed E-state index contributed by atoms with van der Waals surface area (Å²) < 4.78 is 8.29. The third kappa shape index (κ3) is 3.74. The van der Waals surface area contributed by atoms with Gasteiger partial charge >= 0.3 is 0 Å². The van der Waals surface area contributed by atoms with Crippen molar-refractivity contribution in [1.29, 1.82) is 0 Å². The molecule has 0 fully saturated rings. The molecule has 0 unspecified atom stereocenters. The molecule has 4 nitrogen and oxygen atoms in total. The third-order valence-corrected chi connectivity index (χ3v) is 5.77. The highest BCUT2D eigenvalue weighted by molar-refractivity contribution is 6.06. The first-order valence-electron chi connectivity index (χ1n) is 10.9. The summed E-state index contributed by atoms with van der Waals surface area (Å²) >= 11 is 0. The maximum Gasteiger partial charge on any atom is 0.160 e. The number of rotatable bonds is 5. The second-order valence-corrected chi connectivity index (χ2v) is 9.03.